The molecule has 0 radical (unpaired) electrons. The summed E-state index contributed by atoms with van der Waals surface area (Å²) in [7, 11) is 0. The molecule has 1 aliphatic heterocycles. The van der Waals surface area contributed by atoms with E-state index in [-0.39, 0.29) is 19.0 Å². The van der Waals surface area contributed by atoms with Crippen molar-refractivity contribution in [1.82, 2.24) is 0 Å². The lowest BCUT2D eigenvalue weighted by atomic mass is 9.73. The summed E-state index contributed by atoms with van der Waals surface area (Å²) in [6.45, 7) is 1.09. The fourth-order valence-corrected chi connectivity index (χ4v) is 2.80. The molecule has 1 heterocycles. The summed E-state index contributed by atoms with van der Waals surface area (Å²) in [6.07, 6.45) is 2.51. The van der Waals surface area contributed by atoms with E-state index in [2.05, 4.69) is 0 Å². The van der Waals surface area contributed by atoms with E-state index >= 15 is 0 Å². The van der Waals surface area contributed by atoms with Crippen molar-refractivity contribution < 1.29 is 19.3 Å². The minimum Gasteiger partial charge on any atom is -0.395 e. The van der Waals surface area contributed by atoms with E-state index in [4.69, 9.17) is 4.74 Å². The summed E-state index contributed by atoms with van der Waals surface area (Å²) in [5.74, 6) is 0.0621. The molecule has 1 saturated heterocycles. The second-order valence-electron chi connectivity index (χ2n) is 5.37. The molecule has 1 aromatic carbocycles. The maximum absolute atomic E-state index is 13.4. The minimum atomic E-state index is -0.760. The lowest BCUT2D eigenvalue weighted by Gasteiger charge is -2.35. The van der Waals surface area contributed by atoms with Gasteiger partial charge in [-0.05, 0) is 42.9 Å². The average molecular weight is 268 g/mol. The largest absolute Gasteiger partial charge is 0.395 e. The van der Waals surface area contributed by atoms with Crippen LogP contribution in [0.2, 0.25) is 0 Å². The zero-order valence-electron chi connectivity index (χ0n) is 11.0. The molecule has 2 rings (SSSR count). The Bertz CT molecular complexity index is 398. The van der Waals surface area contributed by atoms with E-state index < -0.39 is 5.41 Å². The molecule has 0 saturated carbocycles. The van der Waals surface area contributed by atoms with Crippen molar-refractivity contribution in [2.75, 3.05) is 26.4 Å². The molecule has 4 heteroatoms. The highest BCUT2D eigenvalue weighted by Crippen LogP contribution is 2.34. The standard InChI is InChI=1S/C15H21FO3/c16-14-3-1-2-13(8-14)15(10-17,11-18)9-12-4-6-19-7-5-12/h1-3,8,12,17-18H,4-7,9-11H2. The zero-order chi connectivity index (χ0) is 13.7. The van der Waals surface area contributed by atoms with Gasteiger partial charge in [0.25, 0.3) is 0 Å². The van der Waals surface area contributed by atoms with Crippen molar-refractivity contribution >= 4 is 0 Å². The van der Waals surface area contributed by atoms with Crippen LogP contribution < -0.4 is 0 Å². The molecule has 3 nitrogen and oxygen atoms in total. The smallest absolute Gasteiger partial charge is 0.123 e. The molecule has 106 valence electrons. The maximum atomic E-state index is 13.4. The number of aliphatic hydroxyl groups excluding tert-OH is 2. The Morgan fingerprint density at radius 3 is 2.47 bits per heavy atom. The fraction of sp³-hybridized carbons (Fsp3) is 0.600. The van der Waals surface area contributed by atoms with Gasteiger partial charge in [0.15, 0.2) is 0 Å². The summed E-state index contributed by atoms with van der Waals surface area (Å²) in [4.78, 5) is 0. The van der Waals surface area contributed by atoms with Crippen LogP contribution in [0, 0.1) is 11.7 Å². The second kappa shape index (κ2) is 6.46. The first-order chi connectivity index (χ1) is 9.20. The molecule has 0 atom stereocenters. The van der Waals surface area contributed by atoms with Gasteiger partial charge < -0.3 is 14.9 Å². The van der Waals surface area contributed by atoms with Crippen molar-refractivity contribution in [3.63, 3.8) is 0 Å². The Morgan fingerprint density at radius 2 is 1.89 bits per heavy atom. The molecule has 1 aromatic rings. The number of rotatable bonds is 5. The SMILES string of the molecule is OCC(CO)(CC1CCOCC1)c1cccc(F)c1. The van der Waals surface area contributed by atoms with E-state index in [0.717, 1.165) is 26.1 Å². The van der Waals surface area contributed by atoms with E-state index in [1.165, 1.54) is 12.1 Å². The summed E-state index contributed by atoms with van der Waals surface area (Å²) in [5, 5.41) is 19.5. The van der Waals surface area contributed by atoms with Crippen LogP contribution in [0.4, 0.5) is 4.39 Å². The van der Waals surface area contributed by atoms with E-state index in [0.29, 0.717) is 17.9 Å². The number of hydrogen-bond acceptors (Lipinski definition) is 3. The number of benzene rings is 1. The second-order valence-corrected chi connectivity index (χ2v) is 5.37. The molecule has 19 heavy (non-hydrogen) atoms. The summed E-state index contributed by atoms with van der Waals surface area (Å²) >= 11 is 0. The summed E-state index contributed by atoms with van der Waals surface area (Å²) in [5.41, 5.74) is -0.0895. The number of hydrogen-bond donors (Lipinski definition) is 2. The van der Waals surface area contributed by atoms with Crippen LogP contribution in [-0.2, 0) is 10.2 Å². The Balaban J connectivity index is 2.20. The molecule has 0 aliphatic carbocycles. The molecular formula is C15H21FO3. The van der Waals surface area contributed by atoms with Gasteiger partial charge in [-0.15, -0.1) is 0 Å². The molecule has 2 N–H and O–H groups in total. The summed E-state index contributed by atoms with van der Waals surface area (Å²) < 4.78 is 18.7. The first kappa shape index (κ1) is 14.4. The van der Waals surface area contributed by atoms with E-state index in [1.807, 2.05) is 0 Å². The predicted molar refractivity (Wildman–Crippen MR) is 70.4 cm³/mol. The highest BCUT2D eigenvalue weighted by Gasteiger charge is 2.34. The van der Waals surface area contributed by atoms with Gasteiger partial charge in [-0.25, -0.2) is 4.39 Å². The van der Waals surface area contributed by atoms with Gasteiger partial charge >= 0.3 is 0 Å². The first-order valence-corrected chi connectivity index (χ1v) is 6.76. The third-order valence-corrected chi connectivity index (χ3v) is 4.06. The molecule has 0 bridgehead atoms. The van der Waals surface area contributed by atoms with Gasteiger partial charge in [0.1, 0.15) is 5.82 Å². The van der Waals surface area contributed by atoms with Crippen molar-refractivity contribution in [2.45, 2.75) is 24.7 Å². The Hall–Kier alpha value is -0.970. The lowest BCUT2D eigenvalue weighted by molar-refractivity contribution is 0.0353. The maximum Gasteiger partial charge on any atom is 0.123 e. The van der Waals surface area contributed by atoms with Crippen LogP contribution in [0.15, 0.2) is 24.3 Å². The third kappa shape index (κ3) is 3.32. The van der Waals surface area contributed by atoms with E-state index in [1.54, 1.807) is 12.1 Å². The van der Waals surface area contributed by atoms with Gasteiger partial charge in [-0.1, -0.05) is 12.1 Å². The molecule has 0 unspecified atom stereocenters. The minimum absolute atomic E-state index is 0.176. The highest BCUT2D eigenvalue weighted by atomic mass is 19.1. The van der Waals surface area contributed by atoms with Gasteiger partial charge in [-0.3, -0.25) is 0 Å². The Labute approximate surface area is 113 Å². The van der Waals surface area contributed by atoms with Crippen LogP contribution in [0.5, 0.6) is 0 Å². The molecule has 0 aromatic heterocycles. The van der Waals surface area contributed by atoms with Crippen LogP contribution in [0.3, 0.4) is 0 Å². The normalized spacial score (nSPS) is 17.6. The first-order valence-electron chi connectivity index (χ1n) is 6.76. The van der Waals surface area contributed by atoms with E-state index in [9.17, 15) is 14.6 Å². The summed E-state index contributed by atoms with van der Waals surface area (Å²) in [6, 6.07) is 6.17. The Morgan fingerprint density at radius 1 is 1.21 bits per heavy atom. The van der Waals surface area contributed by atoms with Gasteiger partial charge in [0, 0.05) is 18.6 Å². The average Bonchev–Trinajstić information content (AvgIpc) is 2.46. The molecule has 0 spiro atoms. The van der Waals surface area contributed by atoms with Crippen molar-refractivity contribution in [1.29, 1.82) is 0 Å². The fourth-order valence-electron chi connectivity index (χ4n) is 2.80. The molecule has 1 aliphatic rings. The quantitative estimate of drug-likeness (QED) is 0.857. The molecular weight excluding hydrogens is 247 g/mol. The number of ether oxygens (including phenoxy) is 1. The predicted octanol–water partition coefficient (Wildman–Crippen LogP) is 1.86. The van der Waals surface area contributed by atoms with Crippen molar-refractivity contribution in [3.8, 4) is 0 Å². The van der Waals surface area contributed by atoms with Crippen LogP contribution in [-0.4, -0.2) is 36.6 Å². The van der Waals surface area contributed by atoms with Gasteiger partial charge in [0.2, 0.25) is 0 Å². The monoisotopic (exact) mass is 268 g/mol. The van der Waals surface area contributed by atoms with Gasteiger partial charge in [-0.2, -0.15) is 0 Å². The Kier molecular flexibility index (Phi) is 4.91. The number of aliphatic hydroxyl groups is 2. The van der Waals surface area contributed by atoms with Gasteiger partial charge in [0.05, 0.1) is 13.2 Å². The zero-order valence-corrected chi connectivity index (χ0v) is 11.0. The molecule has 1 fully saturated rings. The number of halogens is 1. The molecule has 0 amide bonds. The van der Waals surface area contributed by atoms with Crippen LogP contribution in [0.25, 0.3) is 0 Å². The third-order valence-electron chi connectivity index (χ3n) is 4.06. The lowest BCUT2D eigenvalue weighted by Crippen LogP contribution is -2.38. The highest BCUT2D eigenvalue weighted by molar-refractivity contribution is 5.26. The van der Waals surface area contributed by atoms with Crippen LogP contribution in [0.1, 0.15) is 24.8 Å². The van der Waals surface area contributed by atoms with Crippen LogP contribution >= 0.6 is 0 Å². The topological polar surface area (TPSA) is 49.7 Å². The van der Waals surface area contributed by atoms with Crippen molar-refractivity contribution in [3.05, 3.63) is 35.6 Å². The van der Waals surface area contributed by atoms with Crippen molar-refractivity contribution in [2.24, 2.45) is 5.92 Å².